The number of hydrogen-bond donors (Lipinski definition) is 1. The molecule has 0 aliphatic carbocycles. The Morgan fingerprint density at radius 1 is 1.24 bits per heavy atom. The summed E-state index contributed by atoms with van der Waals surface area (Å²) in [4.78, 5) is 2.18. The molecule has 0 saturated carbocycles. The predicted octanol–water partition coefficient (Wildman–Crippen LogP) is 4.63. The minimum Gasteiger partial charge on any atom is -0.369 e. The summed E-state index contributed by atoms with van der Waals surface area (Å²) >= 11 is 9.88. The van der Waals surface area contributed by atoms with Crippen molar-refractivity contribution in [1.29, 1.82) is 0 Å². The third-order valence-corrected chi connectivity index (χ3v) is 4.35. The van der Waals surface area contributed by atoms with E-state index in [-0.39, 0.29) is 6.04 Å². The van der Waals surface area contributed by atoms with Crippen LogP contribution in [0.5, 0.6) is 0 Å². The molecular formula is C17H20BrClN2. The predicted molar refractivity (Wildman–Crippen MR) is 95.1 cm³/mol. The fourth-order valence-corrected chi connectivity index (χ4v) is 3.25. The Bertz CT molecular complexity index is 613. The molecule has 2 N–H and O–H groups in total. The zero-order valence-corrected chi connectivity index (χ0v) is 14.7. The Morgan fingerprint density at radius 2 is 1.95 bits per heavy atom. The van der Waals surface area contributed by atoms with E-state index >= 15 is 0 Å². The molecule has 21 heavy (non-hydrogen) atoms. The summed E-state index contributed by atoms with van der Waals surface area (Å²) in [5.41, 5.74) is 9.35. The van der Waals surface area contributed by atoms with Crippen molar-refractivity contribution in [3.63, 3.8) is 0 Å². The Labute approximate surface area is 140 Å². The molecule has 2 nitrogen and oxygen atoms in total. The van der Waals surface area contributed by atoms with Crippen LogP contribution in [0.3, 0.4) is 0 Å². The second-order valence-electron chi connectivity index (χ2n) is 5.41. The van der Waals surface area contributed by atoms with Gasteiger partial charge in [-0.2, -0.15) is 0 Å². The summed E-state index contributed by atoms with van der Waals surface area (Å²) < 4.78 is 1.08. The van der Waals surface area contributed by atoms with Gasteiger partial charge in [-0.15, -0.1) is 0 Å². The van der Waals surface area contributed by atoms with Gasteiger partial charge in [0.1, 0.15) is 0 Å². The van der Waals surface area contributed by atoms with E-state index in [1.54, 1.807) is 0 Å². The van der Waals surface area contributed by atoms with Crippen LogP contribution in [0.2, 0.25) is 5.02 Å². The van der Waals surface area contributed by atoms with E-state index in [0.717, 1.165) is 33.7 Å². The summed E-state index contributed by atoms with van der Waals surface area (Å²) in [6.07, 6.45) is 0.882. The number of hydrogen-bond acceptors (Lipinski definition) is 2. The average molecular weight is 368 g/mol. The van der Waals surface area contributed by atoms with Gasteiger partial charge in [0.25, 0.3) is 0 Å². The van der Waals surface area contributed by atoms with Gasteiger partial charge in [0.2, 0.25) is 0 Å². The Hall–Kier alpha value is -1.03. The third kappa shape index (κ3) is 4.47. The van der Waals surface area contributed by atoms with Crippen LogP contribution in [0.25, 0.3) is 0 Å². The highest BCUT2D eigenvalue weighted by Gasteiger charge is 2.09. The molecule has 1 atom stereocenters. The summed E-state index contributed by atoms with van der Waals surface area (Å²) in [6.45, 7) is 2.79. The number of rotatable bonds is 5. The van der Waals surface area contributed by atoms with Crippen LogP contribution in [0.4, 0.5) is 5.69 Å². The van der Waals surface area contributed by atoms with Crippen molar-refractivity contribution >= 4 is 33.2 Å². The minimum atomic E-state index is 0.170. The van der Waals surface area contributed by atoms with Crippen LogP contribution in [0.1, 0.15) is 18.1 Å². The second-order valence-corrected chi connectivity index (χ2v) is 6.68. The lowest BCUT2D eigenvalue weighted by atomic mass is 10.1. The molecule has 0 fully saturated rings. The van der Waals surface area contributed by atoms with E-state index in [9.17, 15) is 0 Å². The highest BCUT2D eigenvalue weighted by Crippen LogP contribution is 2.29. The molecule has 0 aromatic heterocycles. The maximum Gasteiger partial charge on any atom is 0.0511 e. The van der Waals surface area contributed by atoms with Crippen LogP contribution in [-0.2, 0) is 13.0 Å². The molecule has 0 heterocycles. The van der Waals surface area contributed by atoms with Gasteiger partial charge in [0.15, 0.2) is 0 Å². The van der Waals surface area contributed by atoms with E-state index in [4.69, 9.17) is 17.3 Å². The van der Waals surface area contributed by atoms with Crippen molar-refractivity contribution in [1.82, 2.24) is 0 Å². The maximum atomic E-state index is 6.23. The first-order chi connectivity index (χ1) is 9.97. The first-order valence-corrected chi connectivity index (χ1v) is 8.13. The van der Waals surface area contributed by atoms with E-state index in [0.29, 0.717) is 0 Å². The Balaban J connectivity index is 2.16. The first-order valence-electron chi connectivity index (χ1n) is 6.96. The van der Waals surface area contributed by atoms with Gasteiger partial charge in [0.05, 0.1) is 5.69 Å². The number of benzene rings is 2. The van der Waals surface area contributed by atoms with Crippen molar-refractivity contribution in [2.24, 2.45) is 5.73 Å². The zero-order chi connectivity index (χ0) is 15.4. The van der Waals surface area contributed by atoms with Crippen molar-refractivity contribution < 1.29 is 0 Å². The molecule has 0 bridgehead atoms. The Morgan fingerprint density at radius 3 is 2.57 bits per heavy atom. The summed E-state index contributed by atoms with van der Waals surface area (Å²) in [5, 5.41) is 0.800. The fraction of sp³-hybridized carbons (Fsp3) is 0.294. The lowest BCUT2D eigenvalue weighted by Crippen LogP contribution is -2.19. The van der Waals surface area contributed by atoms with E-state index in [1.165, 1.54) is 5.56 Å². The van der Waals surface area contributed by atoms with Gasteiger partial charge in [-0.1, -0.05) is 35.9 Å². The maximum absolute atomic E-state index is 6.23. The summed E-state index contributed by atoms with van der Waals surface area (Å²) in [6, 6.07) is 14.5. The average Bonchev–Trinajstić information content (AvgIpc) is 2.40. The number of nitrogens with zero attached hydrogens (tertiary/aromatic N) is 1. The smallest absolute Gasteiger partial charge is 0.0511 e. The standard InChI is InChI=1S/C17H20BrClN2/c1-12(20)9-13-7-8-17(15(18)10-13)21(2)11-14-5-3-4-6-16(14)19/h3-8,10,12H,9,11,20H2,1-2H3. The fourth-order valence-electron chi connectivity index (χ4n) is 2.33. The largest absolute Gasteiger partial charge is 0.369 e. The highest BCUT2D eigenvalue weighted by atomic mass is 79.9. The molecule has 0 saturated heterocycles. The summed E-state index contributed by atoms with van der Waals surface area (Å²) in [5.74, 6) is 0. The van der Waals surface area contributed by atoms with Gasteiger partial charge in [0, 0.05) is 29.1 Å². The van der Waals surface area contributed by atoms with E-state index in [1.807, 2.05) is 25.1 Å². The lowest BCUT2D eigenvalue weighted by molar-refractivity contribution is 0.737. The molecule has 1 unspecified atom stereocenters. The van der Waals surface area contributed by atoms with E-state index in [2.05, 4.69) is 52.1 Å². The highest BCUT2D eigenvalue weighted by molar-refractivity contribution is 9.10. The number of halogens is 2. The molecule has 0 spiro atoms. The monoisotopic (exact) mass is 366 g/mol. The normalized spacial score (nSPS) is 12.2. The molecule has 0 radical (unpaired) electrons. The topological polar surface area (TPSA) is 29.3 Å². The minimum absolute atomic E-state index is 0.170. The van der Waals surface area contributed by atoms with Crippen molar-refractivity contribution in [2.75, 3.05) is 11.9 Å². The van der Waals surface area contributed by atoms with Crippen LogP contribution in [0, 0.1) is 0 Å². The van der Waals surface area contributed by atoms with Crippen molar-refractivity contribution in [3.8, 4) is 0 Å². The Kier molecular flexibility index (Phi) is 5.68. The van der Waals surface area contributed by atoms with Gasteiger partial charge >= 0.3 is 0 Å². The first kappa shape index (κ1) is 16.3. The SMILES string of the molecule is CC(N)Cc1ccc(N(C)Cc2ccccc2Cl)c(Br)c1. The van der Waals surface area contributed by atoms with Crippen LogP contribution >= 0.6 is 27.5 Å². The second kappa shape index (κ2) is 7.30. The number of anilines is 1. The van der Waals surface area contributed by atoms with E-state index < -0.39 is 0 Å². The molecule has 0 aliphatic heterocycles. The quantitative estimate of drug-likeness (QED) is 0.835. The van der Waals surface area contributed by atoms with Crippen LogP contribution in [-0.4, -0.2) is 13.1 Å². The molecule has 0 aliphatic rings. The van der Waals surface area contributed by atoms with Crippen LogP contribution in [0.15, 0.2) is 46.9 Å². The van der Waals surface area contributed by atoms with Crippen molar-refractivity contribution in [2.45, 2.75) is 25.9 Å². The van der Waals surface area contributed by atoms with Gasteiger partial charge in [-0.3, -0.25) is 0 Å². The molecule has 2 aromatic rings. The molecule has 4 heteroatoms. The lowest BCUT2D eigenvalue weighted by Gasteiger charge is -2.22. The molecule has 0 amide bonds. The molecule has 112 valence electrons. The molecule has 2 aromatic carbocycles. The zero-order valence-electron chi connectivity index (χ0n) is 12.3. The van der Waals surface area contributed by atoms with Gasteiger partial charge in [-0.25, -0.2) is 0 Å². The molecular weight excluding hydrogens is 348 g/mol. The third-order valence-electron chi connectivity index (χ3n) is 3.35. The van der Waals surface area contributed by atoms with Crippen molar-refractivity contribution in [3.05, 3.63) is 63.1 Å². The summed E-state index contributed by atoms with van der Waals surface area (Å²) in [7, 11) is 2.06. The van der Waals surface area contributed by atoms with Gasteiger partial charge in [-0.05, 0) is 58.6 Å². The number of nitrogens with two attached hydrogens (primary N) is 1. The molecule has 2 rings (SSSR count). The van der Waals surface area contributed by atoms with Crippen LogP contribution < -0.4 is 10.6 Å². The van der Waals surface area contributed by atoms with Gasteiger partial charge < -0.3 is 10.6 Å².